The van der Waals surface area contributed by atoms with Crippen molar-refractivity contribution in [2.45, 2.75) is 0 Å². The molecule has 3 N–H and O–H groups in total. The van der Waals surface area contributed by atoms with Crippen LogP contribution in [-0.4, -0.2) is 21.2 Å². The van der Waals surface area contributed by atoms with Crippen LogP contribution in [0.5, 0.6) is 0 Å². The summed E-state index contributed by atoms with van der Waals surface area (Å²) in [6, 6.07) is 30.4. The first kappa shape index (κ1) is 22.1. The average molecular weight is 482 g/mol. The van der Waals surface area contributed by atoms with Gasteiger partial charge in [-0.1, -0.05) is 60.1 Å². The molecule has 5 rings (SSSR count). The van der Waals surface area contributed by atoms with Gasteiger partial charge in [-0.15, -0.1) is 0 Å². The fraction of sp³-hybridized carbons (Fsp3) is 0. The van der Waals surface area contributed by atoms with E-state index < -0.39 is 0 Å². The summed E-state index contributed by atoms with van der Waals surface area (Å²) in [5.74, 6) is 2.18. The van der Waals surface area contributed by atoms with Crippen molar-refractivity contribution in [1.29, 1.82) is 0 Å². The van der Waals surface area contributed by atoms with E-state index in [1.54, 1.807) is 6.21 Å². The van der Waals surface area contributed by atoms with Gasteiger partial charge in [-0.05, 0) is 48.5 Å². The van der Waals surface area contributed by atoms with E-state index >= 15 is 0 Å². The van der Waals surface area contributed by atoms with E-state index in [1.807, 2.05) is 97.1 Å². The van der Waals surface area contributed by atoms with Crippen molar-refractivity contribution >= 4 is 47.0 Å². The maximum absolute atomic E-state index is 6.26. The number of anilines is 5. The molecule has 0 aliphatic carbocycles. The topological polar surface area (TPSA) is 100 Å². The lowest BCUT2D eigenvalue weighted by Gasteiger charge is -2.10. The largest absolute Gasteiger partial charge is 0.455 e. The van der Waals surface area contributed by atoms with Crippen molar-refractivity contribution in [3.63, 3.8) is 0 Å². The van der Waals surface area contributed by atoms with Crippen molar-refractivity contribution in [3.8, 4) is 11.3 Å². The first-order valence-electron chi connectivity index (χ1n) is 10.8. The average Bonchev–Trinajstić information content (AvgIpc) is 3.34. The predicted molar refractivity (Wildman–Crippen MR) is 140 cm³/mol. The molecule has 2 heterocycles. The van der Waals surface area contributed by atoms with Crippen LogP contribution in [-0.2, 0) is 0 Å². The van der Waals surface area contributed by atoms with Crippen LogP contribution in [0.25, 0.3) is 11.3 Å². The smallest absolute Gasteiger partial charge is 0.250 e. The molecule has 0 bridgehead atoms. The van der Waals surface area contributed by atoms with Gasteiger partial charge < -0.3 is 15.1 Å². The molecule has 0 aliphatic heterocycles. The van der Waals surface area contributed by atoms with Gasteiger partial charge in [-0.3, -0.25) is 0 Å². The van der Waals surface area contributed by atoms with Gasteiger partial charge in [0.15, 0.2) is 0 Å². The van der Waals surface area contributed by atoms with E-state index in [0.29, 0.717) is 28.4 Å². The second kappa shape index (κ2) is 10.5. The van der Waals surface area contributed by atoms with Crippen LogP contribution in [0.15, 0.2) is 107 Å². The Morgan fingerprint density at radius 3 is 1.86 bits per heavy atom. The second-order valence-corrected chi connectivity index (χ2v) is 7.75. The summed E-state index contributed by atoms with van der Waals surface area (Å²) in [4.78, 5) is 13.3. The fourth-order valence-electron chi connectivity index (χ4n) is 3.22. The van der Waals surface area contributed by atoms with Gasteiger partial charge in [0.2, 0.25) is 17.8 Å². The number of hydrazone groups is 1. The number of nitrogens with zero attached hydrogens (tertiary/aromatic N) is 4. The zero-order chi connectivity index (χ0) is 23.9. The lowest BCUT2D eigenvalue weighted by Crippen LogP contribution is -2.07. The Balaban J connectivity index is 1.35. The molecule has 0 spiro atoms. The molecule has 5 aromatic rings. The predicted octanol–water partition coefficient (Wildman–Crippen LogP) is 6.72. The molecule has 0 atom stereocenters. The summed E-state index contributed by atoms with van der Waals surface area (Å²) in [5.41, 5.74) is 5.36. The molecule has 35 heavy (non-hydrogen) atoms. The maximum atomic E-state index is 6.26. The highest BCUT2D eigenvalue weighted by Gasteiger charge is 2.09. The summed E-state index contributed by atoms with van der Waals surface area (Å²) in [6.45, 7) is 0. The molecule has 0 radical (unpaired) electrons. The SMILES string of the molecule is Clc1ccccc1-c1ccc(/C=N/Nc2nc(Nc3ccccc3)nc(Nc3ccccc3)n2)o1. The Hall–Kier alpha value is -4.69. The Morgan fingerprint density at radius 2 is 1.23 bits per heavy atom. The molecule has 0 fully saturated rings. The number of hydrogen-bond donors (Lipinski definition) is 3. The fourth-order valence-corrected chi connectivity index (χ4v) is 3.45. The number of benzene rings is 3. The molecule has 0 unspecified atom stereocenters. The molecule has 0 saturated carbocycles. The van der Waals surface area contributed by atoms with Crippen LogP contribution in [0.4, 0.5) is 29.2 Å². The zero-order valence-corrected chi connectivity index (χ0v) is 19.1. The number of halogens is 1. The molecule has 0 amide bonds. The van der Waals surface area contributed by atoms with E-state index in [1.165, 1.54) is 0 Å². The minimum Gasteiger partial charge on any atom is -0.455 e. The van der Waals surface area contributed by atoms with Gasteiger partial charge in [-0.25, -0.2) is 5.43 Å². The minimum absolute atomic E-state index is 0.256. The molecule has 0 aliphatic rings. The molecule has 172 valence electrons. The lowest BCUT2D eigenvalue weighted by atomic mass is 10.2. The number of nitrogens with one attached hydrogen (secondary N) is 3. The molecule has 2 aromatic heterocycles. The lowest BCUT2D eigenvalue weighted by molar-refractivity contribution is 0.575. The summed E-state index contributed by atoms with van der Waals surface area (Å²) in [6.07, 6.45) is 1.54. The number of aromatic nitrogens is 3. The summed E-state index contributed by atoms with van der Waals surface area (Å²) in [7, 11) is 0. The van der Waals surface area contributed by atoms with E-state index in [4.69, 9.17) is 16.0 Å². The van der Waals surface area contributed by atoms with Crippen LogP contribution < -0.4 is 16.1 Å². The zero-order valence-electron chi connectivity index (χ0n) is 18.4. The first-order chi connectivity index (χ1) is 17.2. The van der Waals surface area contributed by atoms with Crippen molar-refractivity contribution in [2.75, 3.05) is 16.1 Å². The summed E-state index contributed by atoms with van der Waals surface area (Å²) in [5, 5.41) is 11.2. The first-order valence-corrected chi connectivity index (χ1v) is 11.1. The van der Waals surface area contributed by atoms with Crippen LogP contribution in [0.3, 0.4) is 0 Å². The Labute approximate surface area is 206 Å². The van der Waals surface area contributed by atoms with E-state index in [2.05, 4.69) is 36.1 Å². The van der Waals surface area contributed by atoms with Crippen molar-refractivity contribution in [3.05, 3.63) is 108 Å². The van der Waals surface area contributed by atoms with E-state index in [0.717, 1.165) is 16.9 Å². The third-order valence-electron chi connectivity index (χ3n) is 4.82. The Bertz CT molecular complexity index is 1380. The normalized spacial score (nSPS) is 10.9. The number of hydrogen-bond acceptors (Lipinski definition) is 8. The van der Waals surface area contributed by atoms with Crippen molar-refractivity contribution in [1.82, 2.24) is 15.0 Å². The third-order valence-corrected chi connectivity index (χ3v) is 5.15. The van der Waals surface area contributed by atoms with Crippen LogP contribution in [0.2, 0.25) is 5.02 Å². The van der Waals surface area contributed by atoms with Gasteiger partial charge in [0, 0.05) is 16.9 Å². The summed E-state index contributed by atoms with van der Waals surface area (Å²) < 4.78 is 5.84. The standard InChI is InChI=1S/C26H20ClN7O/c27-22-14-8-7-13-21(22)23-16-15-20(35-23)17-28-34-26-32-24(29-18-9-3-1-4-10-18)31-25(33-26)30-19-11-5-2-6-12-19/h1-17H,(H3,29,30,31,32,33,34)/b28-17+. The van der Waals surface area contributed by atoms with Gasteiger partial charge >= 0.3 is 0 Å². The molecular formula is C26H20ClN7O. The van der Waals surface area contributed by atoms with Gasteiger partial charge in [0.05, 0.1) is 11.2 Å². The van der Waals surface area contributed by atoms with Crippen LogP contribution in [0, 0.1) is 0 Å². The molecule has 0 saturated heterocycles. The van der Waals surface area contributed by atoms with Crippen molar-refractivity contribution in [2.24, 2.45) is 5.10 Å². The quantitative estimate of drug-likeness (QED) is 0.167. The highest BCUT2D eigenvalue weighted by molar-refractivity contribution is 6.33. The number of para-hydroxylation sites is 2. The highest BCUT2D eigenvalue weighted by Crippen LogP contribution is 2.28. The van der Waals surface area contributed by atoms with Crippen molar-refractivity contribution < 1.29 is 4.42 Å². The number of furan rings is 1. The number of rotatable bonds is 8. The van der Waals surface area contributed by atoms with Gasteiger partial charge in [0.25, 0.3) is 0 Å². The molecular weight excluding hydrogens is 462 g/mol. The molecule has 8 nitrogen and oxygen atoms in total. The summed E-state index contributed by atoms with van der Waals surface area (Å²) >= 11 is 6.26. The highest BCUT2D eigenvalue weighted by atomic mass is 35.5. The monoisotopic (exact) mass is 481 g/mol. The second-order valence-electron chi connectivity index (χ2n) is 7.34. The Kier molecular flexibility index (Phi) is 6.63. The molecule has 9 heteroatoms. The van der Waals surface area contributed by atoms with E-state index in [9.17, 15) is 0 Å². The van der Waals surface area contributed by atoms with Crippen LogP contribution >= 0.6 is 11.6 Å². The molecule has 3 aromatic carbocycles. The maximum Gasteiger partial charge on any atom is 0.250 e. The van der Waals surface area contributed by atoms with Gasteiger partial charge in [-0.2, -0.15) is 20.1 Å². The third kappa shape index (κ3) is 5.82. The van der Waals surface area contributed by atoms with E-state index in [-0.39, 0.29) is 5.95 Å². The van der Waals surface area contributed by atoms with Gasteiger partial charge in [0.1, 0.15) is 11.5 Å². The Morgan fingerprint density at radius 1 is 0.657 bits per heavy atom. The minimum atomic E-state index is 0.256. The van der Waals surface area contributed by atoms with Crippen LogP contribution in [0.1, 0.15) is 5.76 Å².